The Morgan fingerprint density at radius 2 is 1.96 bits per heavy atom. The number of hydrogen-bond acceptors (Lipinski definition) is 3. The number of anilines is 1. The molecule has 132 valence electrons. The highest BCUT2D eigenvalue weighted by Crippen LogP contribution is 2.45. The van der Waals surface area contributed by atoms with Crippen LogP contribution in [0, 0.1) is 5.41 Å². The third-order valence-electron chi connectivity index (χ3n) is 5.81. The number of aromatic nitrogens is 2. The Hall–Kier alpha value is -2.75. The van der Waals surface area contributed by atoms with Crippen LogP contribution in [0.25, 0.3) is 11.1 Å². The summed E-state index contributed by atoms with van der Waals surface area (Å²) in [5.74, 6) is 0.914. The second-order valence-electron chi connectivity index (χ2n) is 7.46. The average molecular weight is 346 g/mol. The van der Waals surface area contributed by atoms with Crippen LogP contribution in [0.3, 0.4) is 0 Å². The van der Waals surface area contributed by atoms with Gasteiger partial charge in [-0.3, -0.25) is 5.10 Å². The van der Waals surface area contributed by atoms with Crippen LogP contribution in [0.1, 0.15) is 18.9 Å². The molecule has 1 aliphatic carbocycles. The van der Waals surface area contributed by atoms with Gasteiger partial charge >= 0.3 is 0 Å². The first-order chi connectivity index (χ1) is 13.2. The van der Waals surface area contributed by atoms with Crippen molar-refractivity contribution < 1.29 is 6.11 Å². The summed E-state index contributed by atoms with van der Waals surface area (Å²) >= 11 is 0. The van der Waals surface area contributed by atoms with Gasteiger partial charge in [-0.25, -0.2) is 0 Å². The van der Waals surface area contributed by atoms with Gasteiger partial charge in [0.25, 0.3) is 0 Å². The summed E-state index contributed by atoms with van der Waals surface area (Å²) in [6.45, 7) is 0.709. The molecule has 1 aromatic heterocycles. The first-order valence-electron chi connectivity index (χ1n) is 9.70. The second kappa shape index (κ2) is 5.90. The van der Waals surface area contributed by atoms with Crippen LogP contribution in [0.4, 0.5) is 5.69 Å². The molecule has 26 heavy (non-hydrogen) atoms. The van der Waals surface area contributed by atoms with Crippen molar-refractivity contribution in [3.05, 3.63) is 66.0 Å². The minimum atomic E-state index is -0.226. The Balaban J connectivity index is 1.38. The van der Waals surface area contributed by atoms with Crippen molar-refractivity contribution in [3.63, 3.8) is 0 Å². The number of nitrogens with one attached hydrogen (secondary N) is 1. The van der Waals surface area contributed by atoms with Crippen LogP contribution in [-0.2, 0) is 12.8 Å². The summed E-state index contributed by atoms with van der Waals surface area (Å²) in [5.41, 5.74) is 6.10. The van der Waals surface area contributed by atoms with E-state index in [-0.39, 0.29) is 11.9 Å². The minimum absolute atomic E-state index is 0.0118. The number of fused-ring (bicyclic) bond motifs is 1. The summed E-state index contributed by atoms with van der Waals surface area (Å²) in [6, 6.07) is 14.9. The quantitative estimate of drug-likeness (QED) is 0.777. The van der Waals surface area contributed by atoms with E-state index in [4.69, 9.17) is 6.11 Å². The predicted molar refractivity (Wildman–Crippen MR) is 104 cm³/mol. The van der Waals surface area contributed by atoms with E-state index in [0.29, 0.717) is 0 Å². The van der Waals surface area contributed by atoms with E-state index in [0.717, 1.165) is 48.4 Å². The molecule has 0 saturated carbocycles. The molecule has 0 amide bonds. The maximum absolute atomic E-state index is 9.02. The molecule has 3 aromatic rings. The van der Waals surface area contributed by atoms with Gasteiger partial charge < -0.3 is 9.64 Å². The fourth-order valence-corrected chi connectivity index (χ4v) is 4.42. The first kappa shape index (κ1) is 14.4. The van der Waals surface area contributed by atoms with E-state index in [9.17, 15) is 0 Å². The summed E-state index contributed by atoms with van der Waals surface area (Å²) in [5, 5.41) is 6.87. The molecule has 1 N–H and O–H groups in total. The number of methoxy groups -OCH3 is 1. The maximum Gasteiger partial charge on any atom is 0.119 e. The summed E-state index contributed by atoms with van der Waals surface area (Å²) in [4.78, 5) is 2.25. The smallest absolute Gasteiger partial charge is 0.119 e. The Kier molecular flexibility index (Phi) is 3.28. The molecular weight excluding hydrogens is 322 g/mol. The molecule has 2 heterocycles. The van der Waals surface area contributed by atoms with Crippen molar-refractivity contribution in [1.29, 1.82) is 0 Å². The molecule has 1 fully saturated rings. The van der Waals surface area contributed by atoms with E-state index in [1.165, 1.54) is 11.1 Å². The number of hydrogen-bond donors (Lipinski definition) is 1. The highest BCUT2D eigenvalue weighted by molar-refractivity contribution is 5.65. The monoisotopic (exact) mass is 346 g/mol. The Morgan fingerprint density at radius 3 is 2.73 bits per heavy atom. The molecule has 2 aliphatic rings. The van der Waals surface area contributed by atoms with E-state index in [1.54, 1.807) is 7.11 Å². The topological polar surface area (TPSA) is 41.2 Å². The van der Waals surface area contributed by atoms with Gasteiger partial charge in [-0.1, -0.05) is 18.2 Å². The van der Waals surface area contributed by atoms with Crippen molar-refractivity contribution in [2.45, 2.75) is 19.3 Å². The number of rotatable bonds is 3. The molecule has 1 spiro atoms. The second-order valence-corrected chi connectivity index (χ2v) is 7.46. The van der Waals surface area contributed by atoms with Gasteiger partial charge in [0, 0.05) is 31.9 Å². The van der Waals surface area contributed by atoms with Crippen LogP contribution in [0.2, 0.25) is 0 Å². The van der Waals surface area contributed by atoms with Crippen LogP contribution in [0.5, 0.6) is 5.75 Å². The fraction of sp³-hybridized carbons (Fsp3) is 0.318. The average Bonchev–Trinajstić information content (AvgIpc) is 3.42. The Bertz CT molecular complexity index is 954. The highest BCUT2D eigenvalue weighted by Gasteiger charge is 2.42. The summed E-state index contributed by atoms with van der Waals surface area (Å²) in [6.07, 6.45) is 6.75. The van der Waals surface area contributed by atoms with Crippen molar-refractivity contribution in [1.82, 2.24) is 10.2 Å². The number of H-pyrrole nitrogens is 1. The summed E-state index contributed by atoms with van der Waals surface area (Å²) in [7, 11) is 1.71. The molecule has 4 heteroatoms. The van der Waals surface area contributed by atoms with Crippen LogP contribution < -0.4 is 9.64 Å². The molecule has 2 atom stereocenters. The maximum atomic E-state index is 9.02. The van der Waals surface area contributed by atoms with Gasteiger partial charge in [-0.15, -0.1) is 0 Å². The van der Waals surface area contributed by atoms with E-state index >= 15 is 0 Å². The zero-order valence-electron chi connectivity index (χ0n) is 15.9. The molecular formula is C22H23N3O. The zero-order chi connectivity index (χ0) is 18.4. The normalized spacial score (nSPS) is 24.7. The lowest BCUT2D eigenvalue weighted by molar-refractivity contribution is 0.349. The van der Waals surface area contributed by atoms with Crippen LogP contribution in [-0.4, -0.2) is 30.4 Å². The molecule has 2 unspecified atom stereocenters. The molecule has 5 rings (SSSR count). The largest absolute Gasteiger partial charge is 0.497 e. The lowest BCUT2D eigenvalue weighted by atomic mass is 9.84. The minimum Gasteiger partial charge on any atom is -0.497 e. The molecule has 2 aromatic carbocycles. The van der Waals surface area contributed by atoms with Crippen LogP contribution in [0.15, 0.2) is 54.9 Å². The van der Waals surface area contributed by atoms with E-state index in [1.807, 2.05) is 18.5 Å². The number of aromatic amines is 1. The highest BCUT2D eigenvalue weighted by atomic mass is 16.5. The van der Waals surface area contributed by atoms with Crippen molar-refractivity contribution in [3.8, 4) is 16.9 Å². The number of nitrogens with zero attached hydrogens (tertiary/aromatic N) is 2. The van der Waals surface area contributed by atoms with Crippen molar-refractivity contribution in [2.24, 2.45) is 5.41 Å². The van der Waals surface area contributed by atoms with Gasteiger partial charge in [0.15, 0.2) is 0 Å². The van der Waals surface area contributed by atoms with Gasteiger partial charge in [0.1, 0.15) is 5.75 Å². The Labute approximate surface area is 155 Å². The van der Waals surface area contributed by atoms with Crippen molar-refractivity contribution in [2.75, 3.05) is 25.1 Å². The number of benzene rings is 2. The fourth-order valence-electron chi connectivity index (χ4n) is 4.42. The van der Waals surface area contributed by atoms with Gasteiger partial charge in [0.2, 0.25) is 0 Å². The molecule has 4 nitrogen and oxygen atoms in total. The molecule has 1 saturated heterocycles. The predicted octanol–water partition coefficient (Wildman–Crippen LogP) is 4.08. The third kappa shape index (κ3) is 2.57. The van der Waals surface area contributed by atoms with Gasteiger partial charge in [0.05, 0.1) is 13.3 Å². The standard InChI is InChI=1S/C22H23N3O/c1-26-21-7-4-17-11-22(12-18(17)10-21)8-9-25(15-22)20-5-2-16(3-6-20)19-13-23-24-14-19/h2-7,10,13-14H,8-9,11-12,15H2,1H3,(H,23,24)/i15D. The van der Waals surface area contributed by atoms with E-state index < -0.39 is 0 Å². The SMILES string of the molecule is [2H]C1N(c2ccc(-c3cn[nH]c3)cc2)CCC12Cc1ccc(OC)cc1C2. The lowest BCUT2D eigenvalue weighted by Crippen LogP contribution is -2.27. The van der Waals surface area contributed by atoms with Gasteiger partial charge in [-0.05, 0) is 65.6 Å². The molecule has 1 aliphatic heterocycles. The third-order valence-corrected chi connectivity index (χ3v) is 5.81. The molecule has 0 radical (unpaired) electrons. The first-order valence-corrected chi connectivity index (χ1v) is 9.12. The van der Waals surface area contributed by atoms with Gasteiger partial charge in [-0.2, -0.15) is 5.10 Å². The number of ether oxygens (including phenoxy) is 1. The zero-order valence-corrected chi connectivity index (χ0v) is 14.9. The summed E-state index contributed by atoms with van der Waals surface area (Å²) < 4.78 is 14.4. The Morgan fingerprint density at radius 1 is 1.12 bits per heavy atom. The van der Waals surface area contributed by atoms with Crippen molar-refractivity contribution >= 4 is 5.69 Å². The van der Waals surface area contributed by atoms with E-state index in [2.05, 4.69) is 51.5 Å². The molecule has 0 bridgehead atoms. The lowest BCUT2D eigenvalue weighted by Gasteiger charge is -2.25. The van der Waals surface area contributed by atoms with Crippen LogP contribution >= 0.6 is 0 Å².